The first-order chi connectivity index (χ1) is 23.6. The second kappa shape index (κ2) is 39.3. The maximum absolute atomic E-state index is 12.6. The number of aliphatic carboxylic acids is 1. The van der Waals surface area contributed by atoms with Crippen molar-refractivity contribution in [1.82, 2.24) is 0 Å². The maximum Gasteiger partial charge on any atom is 0.306 e. The average molecular weight is 671 g/mol. The molecule has 0 aromatic carbocycles. The van der Waals surface area contributed by atoms with Gasteiger partial charge in [-0.1, -0.05) is 191 Å². The Bertz CT molecular complexity index is 809. The molecule has 0 rings (SSSR count). The maximum atomic E-state index is 12.6. The van der Waals surface area contributed by atoms with Gasteiger partial charge in [0.15, 0.2) is 0 Å². The van der Waals surface area contributed by atoms with Gasteiger partial charge in [0.05, 0.1) is 0 Å². The highest BCUT2D eigenvalue weighted by Gasteiger charge is 2.11. The molecule has 0 aliphatic heterocycles. The van der Waals surface area contributed by atoms with E-state index < -0.39 is 5.97 Å². The zero-order valence-corrected chi connectivity index (χ0v) is 31.8. The lowest BCUT2D eigenvalue weighted by molar-refractivity contribution is -0.147. The van der Waals surface area contributed by atoms with Crippen LogP contribution in [0.5, 0.6) is 0 Å². The van der Waals surface area contributed by atoms with Crippen molar-refractivity contribution in [2.24, 2.45) is 0 Å². The molecule has 0 aromatic heterocycles. The lowest BCUT2D eigenvalue weighted by Gasteiger charge is -2.14. The molecule has 1 unspecified atom stereocenters. The van der Waals surface area contributed by atoms with E-state index in [4.69, 9.17) is 9.84 Å². The van der Waals surface area contributed by atoms with Crippen LogP contribution in [0.1, 0.15) is 213 Å². The summed E-state index contributed by atoms with van der Waals surface area (Å²) in [6.45, 7) is 4.43. The Labute approximate surface area is 298 Å². The van der Waals surface area contributed by atoms with Crippen molar-refractivity contribution in [2.75, 3.05) is 0 Å². The monoisotopic (exact) mass is 671 g/mol. The second-order valence-corrected chi connectivity index (χ2v) is 13.8. The Balaban J connectivity index is 3.90. The molecular weight excluding hydrogens is 592 g/mol. The smallest absolute Gasteiger partial charge is 0.306 e. The minimum atomic E-state index is -0.748. The van der Waals surface area contributed by atoms with Crippen LogP contribution in [0, 0.1) is 0 Å². The predicted octanol–water partition coefficient (Wildman–Crippen LogP) is 14.3. The second-order valence-electron chi connectivity index (χ2n) is 13.8. The molecule has 0 radical (unpaired) electrons. The van der Waals surface area contributed by atoms with Crippen molar-refractivity contribution in [3.8, 4) is 0 Å². The quantitative estimate of drug-likeness (QED) is 0.0406. The minimum Gasteiger partial charge on any atom is -0.481 e. The highest BCUT2D eigenvalue weighted by molar-refractivity contribution is 5.69. The molecule has 0 fully saturated rings. The summed E-state index contributed by atoms with van der Waals surface area (Å²) < 4.78 is 5.83. The molecule has 1 atom stereocenters. The molecule has 0 bridgehead atoms. The zero-order valence-electron chi connectivity index (χ0n) is 31.8. The lowest BCUT2D eigenvalue weighted by Crippen LogP contribution is -2.16. The molecule has 0 saturated carbocycles. The first-order valence-corrected chi connectivity index (χ1v) is 20.6. The molecule has 0 saturated heterocycles. The topological polar surface area (TPSA) is 63.6 Å². The highest BCUT2D eigenvalue weighted by atomic mass is 16.5. The van der Waals surface area contributed by atoms with Gasteiger partial charge in [0, 0.05) is 12.8 Å². The number of esters is 1. The van der Waals surface area contributed by atoms with E-state index in [-0.39, 0.29) is 18.5 Å². The summed E-state index contributed by atoms with van der Waals surface area (Å²) in [5.41, 5.74) is 0. The van der Waals surface area contributed by atoms with Crippen LogP contribution in [0.4, 0.5) is 0 Å². The van der Waals surface area contributed by atoms with Crippen LogP contribution in [-0.2, 0) is 14.3 Å². The fraction of sp³-hybridized carbons (Fsp3) is 0.773. The molecule has 0 amide bonds. The van der Waals surface area contributed by atoms with Crippen LogP contribution >= 0.6 is 0 Å². The third-order valence-electron chi connectivity index (χ3n) is 9.05. The van der Waals surface area contributed by atoms with Gasteiger partial charge < -0.3 is 9.84 Å². The van der Waals surface area contributed by atoms with Crippen molar-refractivity contribution in [1.29, 1.82) is 0 Å². The van der Waals surface area contributed by atoms with Crippen LogP contribution in [0.25, 0.3) is 0 Å². The molecule has 0 spiro atoms. The van der Waals surface area contributed by atoms with E-state index in [1.807, 2.05) is 6.08 Å². The van der Waals surface area contributed by atoms with Gasteiger partial charge in [0.1, 0.15) is 6.10 Å². The van der Waals surface area contributed by atoms with E-state index in [1.54, 1.807) is 0 Å². The minimum absolute atomic E-state index is 0.106. The van der Waals surface area contributed by atoms with E-state index in [9.17, 15) is 9.59 Å². The number of carboxylic acid groups (broad SMARTS) is 1. The number of allylic oxidation sites excluding steroid dienone is 7. The Morgan fingerprint density at radius 1 is 0.479 bits per heavy atom. The molecule has 0 aliphatic rings. The van der Waals surface area contributed by atoms with Gasteiger partial charge in [-0.05, 0) is 57.4 Å². The lowest BCUT2D eigenvalue weighted by atomic mass is 10.0. The predicted molar refractivity (Wildman–Crippen MR) is 209 cm³/mol. The number of rotatable bonds is 37. The summed E-state index contributed by atoms with van der Waals surface area (Å²) in [6, 6.07) is 0. The molecule has 4 nitrogen and oxygen atoms in total. The average Bonchev–Trinajstić information content (AvgIpc) is 3.07. The van der Waals surface area contributed by atoms with Crippen LogP contribution in [0.2, 0.25) is 0 Å². The van der Waals surface area contributed by atoms with E-state index in [0.29, 0.717) is 12.8 Å². The number of hydrogen-bond acceptors (Lipinski definition) is 3. The van der Waals surface area contributed by atoms with Gasteiger partial charge in [-0.15, -0.1) is 0 Å². The van der Waals surface area contributed by atoms with E-state index in [2.05, 4.69) is 56.4 Å². The van der Waals surface area contributed by atoms with E-state index in [1.165, 1.54) is 122 Å². The van der Waals surface area contributed by atoms with Crippen LogP contribution in [0.15, 0.2) is 48.6 Å². The van der Waals surface area contributed by atoms with Gasteiger partial charge in [0.2, 0.25) is 0 Å². The van der Waals surface area contributed by atoms with Gasteiger partial charge in [-0.2, -0.15) is 0 Å². The third-order valence-corrected chi connectivity index (χ3v) is 9.05. The van der Waals surface area contributed by atoms with E-state index in [0.717, 1.165) is 57.8 Å². The van der Waals surface area contributed by atoms with Crippen molar-refractivity contribution in [3.63, 3.8) is 0 Å². The molecule has 0 heterocycles. The molecule has 0 aromatic rings. The summed E-state index contributed by atoms with van der Waals surface area (Å²) in [6.07, 6.45) is 53.0. The Kier molecular flexibility index (Phi) is 37.6. The largest absolute Gasteiger partial charge is 0.481 e. The number of carboxylic acids is 1. The van der Waals surface area contributed by atoms with Crippen molar-refractivity contribution in [2.45, 2.75) is 219 Å². The van der Waals surface area contributed by atoms with Gasteiger partial charge in [0.25, 0.3) is 0 Å². The number of ether oxygens (including phenoxy) is 1. The van der Waals surface area contributed by atoms with Crippen LogP contribution in [-0.4, -0.2) is 23.1 Å². The van der Waals surface area contributed by atoms with Crippen molar-refractivity contribution < 1.29 is 19.4 Å². The molecule has 278 valence electrons. The van der Waals surface area contributed by atoms with Gasteiger partial charge in [-0.25, -0.2) is 0 Å². The summed E-state index contributed by atoms with van der Waals surface area (Å²) >= 11 is 0. The first kappa shape index (κ1) is 45.9. The summed E-state index contributed by atoms with van der Waals surface area (Å²) in [7, 11) is 0. The van der Waals surface area contributed by atoms with Crippen LogP contribution in [0.3, 0.4) is 0 Å². The Hall–Kier alpha value is -2.10. The highest BCUT2D eigenvalue weighted by Crippen LogP contribution is 2.16. The molecule has 48 heavy (non-hydrogen) atoms. The standard InChI is InChI=1S/C44H78O4/c1-3-5-7-9-11-13-15-16-17-18-19-20-21-22-23-24-26-28-30-32-37-41-44(47)48-42(39-35-33-36-40-43(45)46)38-34-31-29-27-25-14-12-10-8-6-4-2/h6,8,12,14,27,29,34,38,42H,3-5,7,9-11,13,15-26,28,30-33,35-37,39-41H2,1-2H3,(H,45,46)/b8-6-,14-12-,29-27-,38-34-. The summed E-state index contributed by atoms with van der Waals surface area (Å²) in [5.74, 6) is -0.854. The molecule has 4 heteroatoms. The van der Waals surface area contributed by atoms with Gasteiger partial charge in [-0.3, -0.25) is 9.59 Å². The normalized spacial score (nSPS) is 12.7. The fourth-order valence-electron chi connectivity index (χ4n) is 6.04. The molecular formula is C44H78O4. The Morgan fingerprint density at radius 3 is 1.29 bits per heavy atom. The number of carbonyl (C=O) groups is 2. The molecule has 0 aliphatic carbocycles. The van der Waals surface area contributed by atoms with Crippen molar-refractivity contribution >= 4 is 11.9 Å². The number of carbonyl (C=O) groups excluding carboxylic acids is 1. The zero-order chi connectivity index (χ0) is 35.0. The first-order valence-electron chi connectivity index (χ1n) is 20.6. The van der Waals surface area contributed by atoms with Gasteiger partial charge >= 0.3 is 11.9 Å². The number of hydrogen-bond donors (Lipinski definition) is 1. The fourth-order valence-corrected chi connectivity index (χ4v) is 6.04. The summed E-state index contributed by atoms with van der Waals surface area (Å²) in [5, 5.41) is 8.88. The summed E-state index contributed by atoms with van der Waals surface area (Å²) in [4.78, 5) is 23.4. The van der Waals surface area contributed by atoms with Crippen molar-refractivity contribution in [3.05, 3.63) is 48.6 Å². The van der Waals surface area contributed by atoms with Crippen LogP contribution < -0.4 is 0 Å². The Morgan fingerprint density at radius 2 is 0.854 bits per heavy atom. The third kappa shape index (κ3) is 38.3. The molecule has 1 N–H and O–H groups in total. The SMILES string of the molecule is CC/C=C\C/C=C\C/C=C\C/C=C\C(CCCCCC(=O)O)OC(=O)CCCCCCCCCCCCCCCCCCCCCCC. The van der Waals surface area contributed by atoms with E-state index >= 15 is 0 Å². The number of unbranched alkanes of at least 4 members (excludes halogenated alkanes) is 22.